The van der Waals surface area contributed by atoms with Gasteiger partial charge in [0.2, 0.25) is 0 Å². The Bertz CT molecular complexity index is 473. The van der Waals surface area contributed by atoms with Gasteiger partial charge in [0.1, 0.15) is 17.6 Å². The lowest BCUT2D eigenvalue weighted by molar-refractivity contribution is 0.245. The van der Waals surface area contributed by atoms with Gasteiger partial charge in [-0.1, -0.05) is 18.9 Å². The van der Waals surface area contributed by atoms with Gasteiger partial charge in [-0.3, -0.25) is 4.90 Å². The molecule has 2 fully saturated rings. The van der Waals surface area contributed by atoms with Crippen LogP contribution in [0.2, 0.25) is 0 Å². The molecule has 1 N–H and O–H groups in total. The summed E-state index contributed by atoms with van der Waals surface area (Å²) in [7, 11) is 0. The zero-order valence-corrected chi connectivity index (χ0v) is 11.2. The predicted octanol–water partition coefficient (Wildman–Crippen LogP) is 2.38. The number of nitrogens with zero attached hydrogens (tertiary/aromatic N) is 3. The predicted molar refractivity (Wildman–Crippen MR) is 74.8 cm³/mol. The molecule has 0 spiro atoms. The molecule has 1 aliphatic carbocycles. The van der Waals surface area contributed by atoms with E-state index in [1.54, 1.807) is 6.07 Å². The van der Waals surface area contributed by atoms with E-state index in [1.807, 2.05) is 12.1 Å². The van der Waals surface area contributed by atoms with E-state index in [0.29, 0.717) is 11.7 Å². The van der Waals surface area contributed by atoms with Gasteiger partial charge in [0.15, 0.2) is 0 Å². The maximum Gasteiger partial charge on any atom is 0.142 e. The molecule has 1 unspecified atom stereocenters. The molecule has 2 aliphatic rings. The first-order valence-electron chi connectivity index (χ1n) is 7.23. The summed E-state index contributed by atoms with van der Waals surface area (Å²) in [5.74, 6) is 0.831. The molecule has 19 heavy (non-hydrogen) atoms. The third kappa shape index (κ3) is 2.87. The number of rotatable bonds is 3. The number of pyridine rings is 1. The van der Waals surface area contributed by atoms with Crippen molar-refractivity contribution in [2.45, 2.75) is 44.2 Å². The molecule has 0 radical (unpaired) electrons. The third-order valence-corrected chi connectivity index (χ3v) is 4.28. The van der Waals surface area contributed by atoms with Crippen molar-refractivity contribution in [1.29, 1.82) is 5.26 Å². The van der Waals surface area contributed by atoms with Crippen LogP contribution >= 0.6 is 0 Å². The summed E-state index contributed by atoms with van der Waals surface area (Å²) in [6.45, 7) is 2.31. The van der Waals surface area contributed by atoms with E-state index in [1.165, 1.54) is 38.6 Å². The third-order valence-electron chi connectivity index (χ3n) is 4.28. The Hall–Kier alpha value is -1.60. The molecule has 4 heteroatoms. The van der Waals surface area contributed by atoms with Gasteiger partial charge in [0.25, 0.3) is 0 Å². The second kappa shape index (κ2) is 5.58. The van der Waals surface area contributed by atoms with E-state index >= 15 is 0 Å². The fourth-order valence-corrected chi connectivity index (χ4v) is 3.29. The van der Waals surface area contributed by atoms with E-state index in [4.69, 9.17) is 5.26 Å². The van der Waals surface area contributed by atoms with Crippen LogP contribution in [-0.4, -0.2) is 35.1 Å². The lowest BCUT2D eigenvalue weighted by Gasteiger charge is -2.23. The van der Waals surface area contributed by atoms with Crippen molar-refractivity contribution < 1.29 is 0 Å². The number of nitrogens with one attached hydrogen (secondary N) is 1. The van der Waals surface area contributed by atoms with Crippen LogP contribution in [0.1, 0.15) is 37.8 Å². The van der Waals surface area contributed by atoms with Crippen LogP contribution in [0.3, 0.4) is 0 Å². The van der Waals surface area contributed by atoms with Crippen molar-refractivity contribution in [3.05, 3.63) is 23.9 Å². The van der Waals surface area contributed by atoms with Crippen molar-refractivity contribution in [2.75, 3.05) is 18.4 Å². The van der Waals surface area contributed by atoms with Gasteiger partial charge in [0.05, 0.1) is 0 Å². The monoisotopic (exact) mass is 256 g/mol. The Labute approximate surface area is 114 Å². The van der Waals surface area contributed by atoms with Gasteiger partial charge >= 0.3 is 0 Å². The van der Waals surface area contributed by atoms with Gasteiger partial charge in [-0.25, -0.2) is 4.98 Å². The fraction of sp³-hybridized carbons (Fsp3) is 0.600. The molecule has 1 saturated carbocycles. The molecule has 4 nitrogen and oxygen atoms in total. The quantitative estimate of drug-likeness (QED) is 0.902. The summed E-state index contributed by atoms with van der Waals surface area (Å²) < 4.78 is 0. The molecule has 100 valence electrons. The highest BCUT2D eigenvalue weighted by Gasteiger charge is 2.29. The lowest BCUT2D eigenvalue weighted by atomic mass is 10.2. The Kier molecular flexibility index (Phi) is 3.65. The molecule has 1 atom stereocenters. The van der Waals surface area contributed by atoms with Gasteiger partial charge in [-0.05, 0) is 31.4 Å². The van der Waals surface area contributed by atoms with Crippen LogP contribution < -0.4 is 5.32 Å². The minimum atomic E-state index is 0.474. The number of hydrogen-bond acceptors (Lipinski definition) is 4. The van der Waals surface area contributed by atoms with Crippen LogP contribution in [-0.2, 0) is 0 Å². The summed E-state index contributed by atoms with van der Waals surface area (Å²) >= 11 is 0. The van der Waals surface area contributed by atoms with E-state index < -0.39 is 0 Å². The average Bonchev–Trinajstić information content (AvgIpc) is 3.09. The summed E-state index contributed by atoms with van der Waals surface area (Å²) in [6.07, 6.45) is 6.70. The van der Waals surface area contributed by atoms with E-state index in [2.05, 4.69) is 21.3 Å². The molecule has 0 bridgehead atoms. The van der Waals surface area contributed by atoms with Gasteiger partial charge < -0.3 is 5.32 Å². The minimum Gasteiger partial charge on any atom is -0.366 e. The zero-order chi connectivity index (χ0) is 13.1. The normalized spacial score (nSPS) is 24.5. The van der Waals surface area contributed by atoms with Gasteiger partial charge in [-0.15, -0.1) is 0 Å². The van der Waals surface area contributed by atoms with Crippen LogP contribution in [0.25, 0.3) is 0 Å². The standard InChI is InChI=1S/C15H20N4/c16-10-12-4-3-7-15(17-12)18-13-8-9-19(11-13)14-5-1-2-6-14/h3-4,7,13-14H,1-2,5-6,8-9,11H2,(H,17,18). The molecule has 2 heterocycles. The second-order valence-corrected chi connectivity index (χ2v) is 5.58. The van der Waals surface area contributed by atoms with Crippen LogP contribution in [0.15, 0.2) is 18.2 Å². The van der Waals surface area contributed by atoms with Crippen molar-refractivity contribution in [3.8, 4) is 6.07 Å². The summed E-state index contributed by atoms with van der Waals surface area (Å²) in [4.78, 5) is 6.91. The van der Waals surface area contributed by atoms with Crippen molar-refractivity contribution >= 4 is 5.82 Å². The van der Waals surface area contributed by atoms with Crippen LogP contribution in [0.4, 0.5) is 5.82 Å². The summed E-state index contributed by atoms with van der Waals surface area (Å²) in [6, 6.07) is 8.94. The Balaban J connectivity index is 1.57. The van der Waals surface area contributed by atoms with E-state index in [-0.39, 0.29) is 0 Å². The Morgan fingerprint density at radius 3 is 2.89 bits per heavy atom. The van der Waals surface area contributed by atoms with E-state index in [9.17, 15) is 0 Å². The molecule has 0 amide bonds. The average molecular weight is 256 g/mol. The largest absolute Gasteiger partial charge is 0.366 e. The van der Waals surface area contributed by atoms with Crippen LogP contribution in [0, 0.1) is 11.3 Å². The molecule has 1 aromatic heterocycles. The molecular weight excluding hydrogens is 236 g/mol. The molecule has 1 aliphatic heterocycles. The number of hydrogen-bond donors (Lipinski definition) is 1. The lowest BCUT2D eigenvalue weighted by Crippen LogP contribution is -2.33. The number of aromatic nitrogens is 1. The van der Waals surface area contributed by atoms with Gasteiger partial charge in [-0.2, -0.15) is 5.26 Å². The van der Waals surface area contributed by atoms with E-state index in [0.717, 1.165) is 18.4 Å². The maximum absolute atomic E-state index is 8.86. The first-order chi connectivity index (χ1) is 9.35. The number of nitriles is 1. The molecule has 1 saturated heterocycles. The molecule has 0 aromatic carbocycles. The highest BCUT2D eigenvalue weighted by Crippen LogP contribution is 2.27. The minimum absolute atomic E-state index is 0.474. The summed E-state index contributed by atoms with van der Waals surface area (Å²) in [5.41, 5.74) is 0.482. The number of anilines is 1. The highest BCUT2D eigenvalue weighted by atomic mass is 15.2. The van der Waals surface area contributed by atoms with Crippen molar-refractivity contribution in [2.24, 2.45) is 0 Å². The second-order valence-electron chi connectivity index (χ2n) is 5.58. The highest BCUT2D eigenvalue weighted by molar-refractivity contribution is 5.39. The zero-order valence-electron chi connectivity index (χ0n) is 11.2. The first kappa shape index (κ1) is 12.4. The SMILES string of the molecule is N#Cc1cccc(NC2CCN(C3CCCC3)C2)n1. The molecule has 3 rings (SSSR count). The topological polar surface area (TPSA) is 52.0 Å². The Morgan fingerprint density at radius 2 is 2.11 bits per heavy atom. The molecule has 1 aromatic rings. The van der Waals surface area contributed by atoms with Crippen molar-refractivity contribution in [3.63, 3.8) is 0 Å². The maximum atomic E-state index is 8.86. The van der Waals surface area contributed by atoms with Crippen molar-refractivity contribution in [1.82, 2.24) is 9.88 Å². The fourth-order valence-electron chi connectivity index (χ4n) is 3.29. The van der Waals surface area contributed by atoms with Crippen LogP contribution in [0.5, 0.6) is 0 Å². The van der Waals surface area contributed by atoms with Gasteiger partial charge in [0, 0.05) is 25.2 Å². The molecular formula is C15H20N4. The Morgan fingerprint density at radius 1 is 1.26 bits per heavy atom. The first-order valence-corrected chi connectivity index (χ1v) is 7.23. The summed E-state index contributed by atoms with van der Waals surface area (Å²) in [5, 5.41) is 12.3. The smallest absolute Gasteiger partial charge is 0.142 e. The number of likely N-dealkylation sites (tertiary alicyclic amines) is 1.